The van der Waals surface area contributed by atoms with Gasteiger partial charge >= 0.3 is 5.97 Å². The van der Waals surface area contributed by atoms with Gasteiger partial charge in [-0.15, -0.1) is 0 Å². The van der Waals surface area contributed by atoms with Gasteiger partial charge in [-0.1, -0.05) is 36.8 Å². The van der Waals surface area contributed by atoms with E-state index in [0.717, 1.165) is 12.0 Å². The van der Waals surface area contributed by atoms with Gasteiger partial charge in [0.05, 0.1) is 11.6 Å². The second-order valence-electron chi connectivity index (χ2n) is 6.38. The molecule has 2 N–H and O–H groups in total. The molecule has 134 valence electrons. The monoisotopic (exact) mass is 355 g/mol. The molecular formula is C20H18FNO4. The minimum Gasteiger partial charge on any atom is -0.481 e. The van der Waals surface area contributed by atoms with Crippen LogP contribution in [0.25, 0.3) is 11.1 Å². The highest BCUT2D eigenvalue weighted by Gasteiger charge is 2.37. The van der Waals surface area contributed by atoms with E-state index in [1.807, 2.05) is 0 Å². The Kier molecular flexibility index (Phi) is 5.11. The molecular weight excluding hydrogens is 337 g/mol. The van der Waals surface area contributed by atoms with E-state index in [0.29, 0.717) is 30.4 Å². The maximum Gasteiger partial charge on any atom is 0.307 e. The van der Waals surface area contributed by atoms with Crippen LogP contribution < -0.4 is 5.32 Å². The number of Topliss-reactive ketones (excluding diaryl/α,β-unsaturated/α-hetero) is 1. The molecule has 2 unspecified atom stereocenters. The normalized spacial score (nSPS) is 19.1. The standard InChI is InChI=1S/C20H18FNO4/c21-17-10-14(8-9-18(17)22-11-23)12-4-6-13(7-5-12)19(24)15-2-1-3-16(15)20(25)26/h4-11,15-16H,1-3H2,(H,22,23)(H,25,26). The fraction of sp³-hybridized carbons (Fsp3) is 0.250. The Morgan fingerprint density at radius 2 is 1.69 bits per heavy atom. The van der Waals surface area contributed by atoms with Crippen molar-refractivity contribution < 1.29 is 23.9 Å². The van der Waals surface area contributed by atoms with Gasteiger partial charge in [-0.2, -0.15) is 0 Å². The Morgan fingerprint density at radius 1 is 1.04 bits per heavy atom. The predicted octanol–water partition coefficient (Wildman–Crippen LogP) is 3.74. The van der Waals surface area contributed by atoms with Crippen LogP contribution in [-0.4, -0.2) is 23.3 Å². The van der Waals surface area contributed by atoms with E-state index < -0.39 is 23.6 Å². The lowest BCUT2D eigenvalue weighted by Crippen LogP contribution is -2.25. The Bertz CT molecular complexity index is 847. The molecule has 0 bridgehead atoms. The van der Waals surface area contributed by atoms with Gasteiger partial charge in [0.15, 0.2) is 5.78 Å². The number of carbonyl (C=O) groups is 3. The Hall–Kier alpha value is -3.02. The molecule has 5 nitrogen and oxygen atoms in total. The van der Waals surface area contributed by atoms with Crippen molar-refractivity contribution in [1.29, 1.82) is 0 Å². The first-order chi connectivity index (χ1) is 12.5. The largest absolute Gasteiger partial charge is 0.481 e. The summed E-state index contributed by atoms with van der Waals surface area (Å²) in [6.07, 6.45) is 2.27. The van der Waals surface area contributed by atoms with Crippen molar-refractivity contribution >= 4 is 23.9 Å². The quantitative estimate of drug-likeness (QED) is 0.611. The van der Waals surface area contributed by atoms with Crippen molar-refractivity contribution in [3.8, 4) is 11.1 Å². The van der Waals surface area contributed by atoms with Gasteiger partial charge in [0.2, 0.25) is 6.41 Å². The van der Waals surface area contributed by atoms with Crippen LogP contribution in [0, 0.1) is 17.7 Å². The number of anilines is 1. The number of aliphatic carboxylic acids is 1. The number of ketones is 1. The summed E-state index contributed by atoms with van der Waals surface area (Å²) in [5, 5.41) is 11.5. The number of carboxylic acid groups (broad SMARTS) is 1. The SMILES string of the molecule is O=CNc1ccc(-c2ccc(C(=O)C3CCCC3C(=O)O)cc2)cc1F. The second-order valence-corrected chi connectivity index (χ2v) is 6.38. The summed E-state index contributed by atoms with van der Waals surface area (Å²) >= 11 is 0. The molecule has 0 saturated heterocycles. The number of rotatable bonds is 6. The fourth-order valence-corrected chi connectivity index (χ4v) is 3.49. The first-order valence-corrected chi connectivity index (χ1v) is 8.38. The van der Waals surface area contributed by atoms with Crippen LogP contribution in [0.15, 0.2) is 42.5 Å². The number of amides is 1. The zero-order valence-corrected chi connectivity index (χ0v) is 13.9. The zero-order chi connectivity index (χ0) is 18.7. The van der Waals surface area contributed by atoms with E-state index in [4.69, 9.17) is 0 Å². The molecule has 2 aromatic carbocycles. The lowest BCUT2D eigenvalue weighted by Gasteiger charge is -2.14. The molecule has 0 aliphatic heterocycles. The van der Waals surface area contributed by atoms with Gasteiger partial charge < -0.3 is 10.4 Å². The van der Waals surface area contributed by atoms with Gasteiger partial charge in [-0.25, -0.2) is 4.39 Å². The van der Waals surface area contributed by atoms with E-state index in [1.54, 1.807) is 30.3 Å². The summed E-state index contributed by atoms with van der Waals surface area (Å²) < 4.78 is 13.9. The third-order valence-electron chi connectivity index (χ3n) is 4.86. The van der Waals surface area contributed by atoms with Crippen molar-refractivity contribution in [2.75, 3.05) is 5.32 Å². The lowest BCUT2D eigenvalue weighted by atomic mass is 9.88. The Balaban J connectivity index is 1.80. The van der Waals surface area contributed by atoms with Crippen molar-refractivity contribution in [2.45, 2.75) is 19.3 Å². The van der Waals surface area contributed by atoms with Gasteiger partial charge in [0.25, 0.3) is 0 Å². The fourth-order valence-electron chi connectivity index (χ4n) is 3.49. The van der Waals surface area contributed by atoms with Crippen LogP contribution in [-0.2, 0) is 9.59 Å². The highest BCUT2D eigenvalue weighted by atomic mass is 19.1. The molecule has 2 atom stereocenters. The molecule has 1 fully saturated rings. The van der Waals surface area contributed by atoms with E-state index in [-0.39, 0.29) is 11.5 Å². The zero-order valence-electron chi connectivity index (χ0n) is 13.9. The summed E-state index contributed by atoms with van der Waals surface area (Å²) in [6.45, 7) is 0. The van der Waals surface area contributed by atoms with Crippen LogP contribution >= 0.6 is 0 Å². The molecule has 6 heteroatoms. The summed E-state index contributed by atoms with van der Waals surface area (Å²) in [5.74, 6) is -2.72. The molecule has 1 aliphatic carbocycles. The van der Waals surface area contributed by atoms with E-state index in [1.165, 1.54) is 12.1 Å². The minimum absolute atomic E-state index is 0.0940. The summed E-state index contributed by atoms with van der Waals surface area (Å²) in [7, 11) is 0. The maximum absolute atomic E-state index is 13.9. The molecule has 3 rings (SSSR count). The topological polar surface area (TPSA) is 83.5 Å². The van der Waals surface area contributed by atoms with Gasteiger partial charge in [-0.3, -0.25) is 14.4 Å². The number of carbonyl (C=O) groups excluding carboxylic acids is 2. The highest BCUT2D eigenvalue weighted by Crippen LogP contribution is 2.35. The van der Waals surface area contributed by atoms with Crippen LogP contribution in [0.5, 0.6) is 0 Å². The maximum atomic E-state index is 13.9. The number of hydrogen-bond acceptors (Lipinski definition) is 3. The van der Waals surface area contributed by atoms with Crippen molar-refractivity contribution in [3.63, 3.8) is 0 Å². The predicted molar refractivity (Wildman–Crippen MR) is 94.3 cm³/mol. The molecule has 26 heavy (non-hydrogen) atoms. The van der Waals surface area contributed by atoms with E-state index >= 15 is 0 Å². The lowest BCUT2D eigenvalue weighted by molar-refractivity contribution is -0.142. The molecule has 1 amide bonds. The second kappa shape index (κ2) is 7.47. The molecule has 0 spiro atoms. The van der Waals surface area contributed by atoms with E-state index in [9.17, 15) is 23.9 Å². The van der Waals surface area contributed by atoms with Crippen LogP contribution in [0.3, 0.4) is 0 Å². The number of nitrogens with one attached hydrogen (secondary N) is 1. The summed E-state index contributed by atoms with van der Waals surface area (Å²) in [4.78, 5) is 34.3. The number of benzene rings is 2. The summed E-state index contributed by atoms with van der Waals surface area (Å²) in [6, 6.07) is 11.1. The van der Waals surface area contributed by atoms with Crippen LogP contribution in [0.1, 0.15) is 29.6 Å². The molecule has 1 saturated carbocycles. The first kappa shape index (κ1) is 17.8. The average molecular weight is 355 g/mol. The summed E-state index contributed by atoms with van der Waals surface area (Å²) in [5.41, 5.74) is 1.89. The highest BCUT2D eigenvalue weighted by molar-refractivity contribution is 6.00. The molecule has 0 radical (unpaired) electrons. The molecule has 0 aromatic heterocycles. The Labute approximate surface area is 149 Å². The van der Waals surface area contributed by atoms with Crippen molar-refractivity contribution in [2.24, 2.45) is 11.8 Å². The van der Waals surface area contributed by atoms with Crippen molar-refractivity contribution in [3.05, 3.63) is 53.8 Å². The molecule has 2 aromatic rings. The number of carboxylic acids is 1. The Morgan fingerprint density at radius 3 is 2.31 bits per heavy atom. The molecule has 0 heterocycles. The smallest absolute Gasteiger partial charge is 0.307 e. The van der Waals surface area contributed by atoms with Crippen LogP contribution in [0.2, 0.25) is 0 Å². The van der Waals surface area contributed by atoms with Gasteiger partial charge in [-0.05, 0) is 36.1 Å². The van der Waals surface area contributed by atoms with Crippen molar-refractivity contribution in [1.82, 2.24) is 0 Å². The number of hydrogen-bond donors (Lipinski definition) is 2. The minimum atomic E-state index is -0.919. The molecule has 1 aliphatic rings. The average Bonchev–Trinajstić information content (AvgIpc) is 3.13. The third-order valence-corrected chi connectivity index (χ3v) is 4.86. The van der Waals surface area contributed by atoms with E-state index in [2.05, 4.69) is 5.32 Å². The van der Waals surface area contributed by atoms with Crippen LogP contribution in [0.4, 0.5) is 10.1 Å². The number of halogens is 1. The first-order valence-electron chi connectivity index (χ1n) is 8.38. The third kappa shape index (κ3) is 3.49. The van der Waals surface area contributed by atoms with Gasteiger partial charge in [0, 0.05) is 11.5 Å². The van der Waals surface area contributed by atoms with Gasteiger partial charge in [0.1, 0.15) is 5.82 Å².